The highest BCUT2D eigenvalue weighted by atomic mass is 19.4. The van der Waals surface area contributed by atoms with Crippen LogP contribution in [0.1, 0.15) is 5.56 Å². The van der Waals surface area contributed by atoms with Crippen molar-refractivity contribution in [2.75, 3.05) is 19.0 Å². The van der Waals surface area contributed by atoms with Crippen LogP contribution in [-0.2, 0) is 17.5 Å². The zero-order chi connectivity index (χ0) is 18.6. The number of tetrazole rings is 1. The largest absolute Gasteiger partial charge is 0.416 e. The van der Waals surface area contributed by atoms with Crippen molar-refractivity contribution in [2.24, 2.45) is 0 Å². The van der Waals surface area contributed by atoms with Crippen molar-refractivity contribution >= 4 is 11.4 Å². The fourth-order valence-corrected chi connectivity index (χ4v) is 2.30. The van der Waals surface area contributed by atoms with Gasteiger partial charge in [-0.3, -0.25) is 0 Å². The fourth-order valence-electron chi connectivity index (χ4n) is 2.30. The molecule has 3 aromatic rings. The average molecular weight is 363 g/mol. The highest BCUT2D eigenvalue weighted by molar-refractivity contribution is 5.77. The summed E-state index contributed by atoms with van der Waals surface area (Å²) in [6.07, 6.45) is -4.36. The zero-order valence-electron chi connectivity index (χ0n) is 13.9. The van der Waals surface area contributed by atoms with Gasteiger partial charge in [0.25, 0.3) is 0 Å². The van der Waals surface area contributed by atoms with E-state index in [9.17, 15) is 13.2 Å². The fraction of sp³-hybridized carbons (Fsp3) is 0.235. The number of hydrogen-bond donors (Lipinski definition) is 1. The lowest BCUT2D eigenvalue weighted by Gasteiger charge is -2.11. The van der Waals surface area contributed by atoms with Gasteiger partial charge in [-0.2, -0.15) is 18.0 Å². The molecule has 3 rings (SSSR count). The summed E-state index contributed by atoms with van der Waals surface area (Å²) in [7, 11) is 1.58. The van der Waals surface area contributed by atoms with Crippen LogP contribution in [-0.4, -0.2) is 33.9 Å². The number of hydrogen-bond acceptors (Lipinski definition) is 5. The zero-order valence-corrected chi connectivity index (χ0v) is 13.9. The van der Waals surface area contributed by atoms with Gasteiger partial charge in [-0.25, -0.2) is 0 Å². The third-order valence-electron chi connectivity index (χ3n) is 3.61. The Bertz CT molecular complexity index is 861. The minimum atomic E-state index is -4.36. The molecule has 0 atom stereocenters. The van der Waals surface area contributed by atoms with E-state index in [1.165, 1.54) is 16.9 Å². The minimum Gasteiger partial charge on any atom is -0.383 e. The van der Waals surface area contributed by atoms with E-state index in [1.54, 1.807) is 13.2 Å². The molecule has 136 valence electrons. The maximum Gasteiger partial charge on any atom is 0.416 e. The number of halogens is 3. The molecule has 2 aromatic carbocycles. The SMILES string of the molecule is COCCn1nnc(-c2ccccc2Nc2ccc(C(F)(F)F)cc2)n1. The molecule has 0 bridgehead atoms. The quantitative estimate of drug-likeness (QED) is 0.723. The van der Waals surface area contributed by atoms with E-state index in [0.29, 0.717) is 35.9 Å². The molecule has 0 saturated carbocycles. The molecule has 0 fully saturated rings. The maximum atomic E-state index is 12.7. The van der Waals surface area contributed by atoms with Gasteiger partial charge in [0.15, 0.2) is 0 Å². The molecular formula is C17H16F3N5O. The van der Waals surface area contributed by atoms with E-state index in [2.05, 4.69) is 20.7 Å². The predicted molar refractivity (Wildman–Crippen MR) is 89.9 cm³/mol. The molecule has 1 aromatic heterocycles. The number of ether oxygens (including phenoxy) is 1. The Morgan fingerprint density at radius 3 is 2.50 bits per heavy atom. The second-order valence-electron chi connectivity index (χ2n) is 5.45. The molecule has 0 spiro atoms. The van der Waals surface area contributed by atoms with E-state index in [0.717, 1.165) is 12.1 Å². The Labute approximate surface area is 147 Å². The maximum absolute atomic E-state index is 12.7. The van der Waals surface area contributed by atoms with Crippen molar-refractivity contribution in [1.82, 2.24) is 20.2 Å². The molecule has 0 radical (unpaired) electrons. The monoisotopic (exact) mass is 363 g/mol. The molecule has 1 N–H and O–H groups in total. The van der Waals surface area contributed by atoms with E-state index in [1.807, 2.05) is 18.2 Å². The Morgan fingerprint density at radius 2 is 1.81 bits per heavy atom. The summed E-state index contributed by atoms with van der Waals surface area (Å²) < 4.78 is 43.0. The van der Waals surface area contributed by atoms with E-state index in [-0.39, 0.29) is 0 Å². The number of nitrogens with one attached hydrogen (secondary N) is 1. The Kier molecular flexibility index (Phi) is 5.17. The average Bonchev–Trinajstić information content (AvgIpc) is 3.09. The van der Waals surface area contributed by atoms with E-state index < -0.39 is 11.7 Å². The lowest BCUT2D eigenvalue weighted by molar-refractivity contribution is -0.137. The topological polar surface area (TPSA) is 64.9 Å². The lowest BCUT2D eigenvalue weighted by Crippen LogP contribution is -2.07. The van der Waals surface area contributed by atoms with Gasteiger partial charge in [-0.05, 0) is 41.6 Å². The molecular weight excluding hydrogens is 347 g/mol. The van der Waals surface area contributed by atoms with E-state index >= 15 is 0 Å². The number of benzene rings is 2. The number of para-hydroxylation sites is 1. The van der Waals surface area contributed by atoms with Crippen LogP contribution in [0, 0.1) is 0 Å². The second kappa shape index (κ2) is 7.52. The number of rotatable bonds is 6. The summed E-state index contributed by atoms with van der Waals surface area (Å²) in [6.45, 7) is 0.930. The Balaban J connectivity index is 1.82. The van der Waals surface area contributed by atoms with Gasteiger partial charge >= 0.3 is 6.18 Å². The van der Waals surface area contributed by atoms with Crippen LogP contribution in [0.25, 0.3) is 11.4 Å². The van der Waals surface area contributed by atoms with Gasteiger partial charge in [-0.1, -0.05) is 12.1 Å². The summed E-state index contributed by atoms with van der Waals surface area (Å²) in [4.78, 5) is 1.42. The second-order valence-corrected chi connectivity index (χ2v) is 5.45. The van der Waals surface area contributed by atoms with Crippen LogP contribution in [0.3, 0.4) is 0 Å². The van der Waals surface area contributed by atoms with Crippen molar-refractivity contribution in [1.29, 1.82) is 0 Å². The third-order valence-corrected chi connectivity index (χ3v) is 3.61. The van der Waals surface area contributed by atoms with Crippen molar-refractivity contribution in [3.63, 3.8) is 0 Å². The molecule has 0 amide bonds. The van der Waals surface area contributed by atoms with Crippen LogP contribution in [0.2, 0.25) is 0 Å². The standard InChI is InChI=1S/C17H16F3N5O/c1-26-11-10-25-23-16(22-24-25)14-4-2-3-5-15(14)21-13-8-6-12(7-9-13)17(18,19)20/h2-9,21H,10-11H2,1H3. The molecule has 0 aliphatic heterocycles. The number of nitrogens with zero attached hydrogens (tertiary/aromatic N) is 4. The van der Waals surface area contributed by atoms with Gasteiger partial charge in [0.05, 0.1) is 18.7 Å². The first-order valence-corrected chi connectivity index (χ1v) is 7.78. The van der Waals surface area contributed by atoms with Gasteiger partial charge in [0.1, 0.15) is 0 Å². The van der Waals surface area contributed by atoms with Gasteiger partial charge in [-0.15, -0.1) is 10.2 Å². The molecule has 0 aliphatic rings. The summed E-state index contributed by atoms with van der Waals surface area (Å²) >= 11 is 0. The van der Waals surface area contributed by atoms with Crippen LogP contribution in [0.4, 0.5) is 24.5 Å². The first-order valence-electron chi connectivity index (χ1n) is 7.78. The number of alkyl halides is 3. The lowest BCUT2D eigenvalue weighted by atomic mass is 10.1. The van der Waals surface area contributed by atoms with Crippen molar-refractivity contribution in [3.8, 4) is 11.4 Å². The van der Waals surface area contributed by atoms with Crippen LogP contribution < -0.4 is 5.32 Å². The number of methoxy groups -OCH3 is 1. The molecule has 26 heavy (non-hydrogen) atoms. The normalized spacial score (nSPS) is 11.5. The summed E-state index contributed by atoms with van der Waals surface area (Å²) in [5.74, 6) is 0.413. The molecule has 6 nitrogen and oxygen atoms in total. The van der Waals surface area contributed by atoms with Gasteiger partial charge < -0.3 is 10.1 Å². The smallest absolute Gasteiger partial charge is 0.383 e. The van der Waals surface area contributed by atoms with Gasteiger partial charge in [0.2, 0.25) is 5.82 Å². The van der Waals surface area contributed by atoms with Crippen LogP contribution in [0.5, 0.6) is 0 Å². The first-order chi connectivity index (χ1) is 12.5. The van der Waals surface area contributed by atoms with Crippen LogP contribution >= 0.6 is 0 Å². The van der Waals surface area contributed by atoms with Crippen molar-refractivity contribution < 1.29 is 17.9 Å². The Morgan fingerprint density at radius 1 is 1.08 bits per heavy atom. The highest BCUT2D eigenvalue weighted by Crippen LogP contribution is 2.32. The first kappa shape index (κ1) is 17.9. The summed E-state index contributed by atoms with van der Waals surface area (Å²) in [5, 5.41) is 15.4. The summed E-state index contributed by atoms with van der Waals surface area (Å²) in [5.41, 5.74) is 1.19. The molecule has 0 aliphatic carbocycles. The summed E-state index contributed by atoms with van der Waals surface area (Å²) in [6, 6.07) is 12.1. The number of anilines is 2. The van der Waals surface area contributed by atoms with Gasteiger partial charge in [0, 0.05) is 24.0 Å². The van der Waals surface area contributed by atoms with Crippen molar-refractivity contribution in [3.05, 3.63) is 54.1 Å². The molecule has 0 unspecified atom stereocenters. The highest BCUT2D eigenvalue weighted by Gasteiger charge is 2.29. The predicted octanol–water partition coefficient (Wildman–Crippen LogP) is 3.75. The number of aromatic nitrogens is 4. The molecule has 9 heteroatoms. The minimum absolute atomic E-state index is 0.413. The molecule has 0 saturated heterocycles. The Hall–Kier alpha value is -2.94. The molecule has 1 heterocycles. The third kappa shape index (κ3) is 4.17. The van der Waals surface area contributed by atoms with E-state index in [4.69, 9.17) is 4.74 Å². The van der Waals surface area contributed by atoms with Crippen molar-refractivity contribution in [2.45, 2.75) is 12.7 Å². The van der Waals surface area contributed by atoms with Crippen LogP contribution in [0.15, 0.2) is 48.5 Å².